The van der Waals surface area contributed by atoms with Crippen molar-refractivity contribution >= 4 is 38.3 Å². The van der Waals surface area contributed by atoms with E-state index >= 15 is 0 Å². The lowest BCUT2D eigenvalue weighted by atomic mass is 9.89. The third kappa shape index (κ3) is 11.2. The Kier molecular flexibility index (Phi) is 13.5. The molecule has 0 radical (unpaired) electrons. The number of allylic oxidation sites excluding steroid dienone is 1. The van der Waals surface area contributed by atoms with Crippen LogP contribution < -0.4 is 21.6 Å². The van der Waals surface area contributed by atoms with Crippen LogP contribution in [0.4, 0.5) is 4.79 Å². The first-order chi connectivity index (χ1) is 20.4. The van der Waals surface area contributed by atoms with Crippen LogP contribution in [0.5, 0.6) is 0 Å². The van der Waals surface area contributed by atoms with Crippen molar-refractivity contribution in [1.82, 2.24) is 16.3 Å². The number of rotatable bonds is 11. The number of thioether (sulfide) groups is 1. The zero-order valence-corrected chi connectivity index (χ0v) is 28.4. The second-order valence-electron chi connectivity index (χ2n) is 12.0. The molecule has 2 amide bonds. The molecule has 236 valence electrons. The van der Waals surface area contributed by atoms with E-state index in [1.807, 2.05) is 45.0 Å². The molecule has 0 saturated carbocycles. The second-order valence-corrected chi connectivity index (χ2v) is 13.7. The highest BCUT2D eigenvalue weighted by atomic mass is 32.2. The van der Waals surface area contributed by atoms with Gasteiger partial charge in [-0.25, -0.2) is 4.79 Å². The average Bonchev–Trinajstić information content (AvgIpc) is 2.90. The van der Waals surface area contributed by atoms with Crippen molar-refractivity contribution in [2.24, 2.45) is 0 Å². The van der Waals surface area contributed by atoms with Gasteiger partial charge in [0.15, 0.2) is 0 Å². The third-order valence-electron chi connectivity index (χ3n) is 7.30. The first-order valence-electron chi connectivity index (χ1n) is 15.0. The normalized spacial score (nSPS) is 16.5. The summed E-state index contributed by atoms with van der Waals surface area (Å²) >= 11 is 1.70. The molecule has 0 aromatic heterocycles. The fourth-order valence-corrected chi connectivity index (χ4v) is 6.55. The van der Waals surface area contributed by atoms with Crippen LogP contribution in [-0.2, 0) is 25.6 Å². The maximum Gasteiger partial charge on any atom is 0.407 e. The average molecular weight is 630 g/mol. The molecule has 1 fully saturated rings. The number of unbranched alkanes of at least 4 members (excludes halogenated alkanes) is 1. The Balaban J connectivity index is 1.92. The molecule has 3 rings (SSSR count). The number of carbonyl (C=O) groups is 2. The van der Waals surface area contributed by atoms with Crippen LogP contribution in [0.1, 0.15) is 76.5 Å². The van der Waals surface area contributed by atoms with Crippen molar-refractivity contribution in [3.63, 3.8) is 0 Å². The summed E-state index contributed by atoms with van der Waals surface area (Å²) in [6, 6.07) is 13.8. The van der Waals surface area contributed by atoms with E-state index in [2.05, 4.69) is 70.6 Å². The van der Waals surface area contributed by atoms with Gasteiger partial charge in [-0.1, -0.05) is 73.2 Å². The summed E-state index contributed by atoms with van der Waals surface area (Å²) in [5.41, 5.74) is 4.62. The molecule has 43 heavy (non-hydrogen) atoms. The molecular formula is C33H48N3O5PS. The van der Waals surface area contributed by atoms with Gasteiger partial charge < -0.3 is 15.4 Å². The number of carbonyl (C=O) groups excluding carboxylic acids is 2. The van der Waals surface area contributed by atoms with Gasteiger partial charge in [-0.05, 0) is 75.5 Å². The molecule has 2 aromatic rings. The van der Waals surface area contributed by atoms with Crippen LogP contribution in [0.25, 0.3) is 0 Å². The Morgan fingerprint density at radius 1 is 1.12 bits per heavy atom. The van der Waals surface area contributed by atoms with E-state index in [1.54, 1.807) is 11.8 Å². The molecule has 2 aromatic carbocycles. The van der Waals surface area contributed by atoms with E-state index in [9.17, 15) is 9.59 Å². The fraction of sp³-hybridized carbons (Fsp3) is 0.515. The Labute approximate surface area is 263 Å². The lowest BCUT2D eigenvalue weighted by Crippen LogP contribution is -2.54. The quantitative estimate of drug-likeness (QED) is 0.201. The van der Waals surface area contributed by atoms with Gasteiger partial charge in [-0.2, -0.15) is 0 Å². The summed E-state index contributed by atoms with van der Waals surface area (Å²) in [5, 5.41) is 7.38. The van der Waals surface area contributed by atoms with Gasteiger partial charge in [0, 0.05) is 35.1 Å². The zero-order chi connectivity index (χ0) is 31.5. The molecule has 0 aliphatic carbocycles. The Bertz CT molecular complexity index is 1260. The number of hydrogen-bond donors (Lipinski definition) is 3. The number of hydrogen-bond acceptors (Lipinski definition) is 7. The number of ether oxygens (including phenoxy) is 1. The molecule has 1 aliphatic heterocycles. The standard InChI is InChI=1S/C33H48N3O5PS/c1-7-8-16-29(43-28-15-11-12-23(2)24(28)3)33(17-19-39-36-40-20-18-33)35-30(37)22-26(34-31(38)41-32(4,5)6)21-25-13-9-10-14-27(25)42/h9-16,26,36H,7-8,17-22,42H2,1-6H3,(H,34,38)(H,35,37)/b29-16+. The molecule has 3 N–H and O–H groups in total. The minimum Gasteiger partial charge on any atom is -0.444 e. The van der Waals surface area contributed by atoms with Crippen molar-refractivity contribution in [2.75, 3.05) is 13.2 Å². The molecule has 10 heteroatoms. The summed E-state index contributed by atoms with van der Waals surface area (Å²) < 4.78 is 5.55. The highest BCUT2D eigenvalue weighted by molar-refractivity contribution is 8.03. The summed E-state index contributed by atoms with van der Waals surface area (Å²) in [5.74, 6) is -0.167. The van der Waals surface area contributed by atoms with Crippen molar-refractivity contribution in [1.29, 1.82) is 0 Å². The van der Waals surface area contributed by atoms with Crippen LogP contribution in [0, 0.1) is 13.8 Å². The maximum absolute atomic E-state index is 14.0. The highest BCUT2D eigenvalue weighted by Gasteiger charge is 2.38. The van der Waals surface area contributed by atoms with E-state index in [0.29, 0.717) is 32.5 Å². The predicted octanol–water partition coefficient (Wildman–Crippen LogP) is 6.21. The molecule has 1 aliphatic rings. The monoisotopic (exact) mass is 629 g/mol. The minimum atomic E-state index is -0.718. The topological polar surface area (TPSA) is 97.9 Å². The van der Waals surface area contributed by atoms with Gasteiger partial charge in [-0.15, -0.1) is 9.24 Å². The smallest absolute Gasteiger partial charge is 0.407 e. The second kappa shape index (κ2) is 16.6. The fourth-order valence-electron chi connectivity index (χ4n) is 4.87. The largest absolute Gasteiger partial charge is 0.444 e. The van der Waals surface area contributed by atoms with Gasteiger partial charge >= 0.3 is 6.09 Å². The zero-order valence-electron chi connectivity index (χ0n) is 26.4. The van der Waals surface area contributed by atoms with Crippen molar-refractivity contribution in [3.05, 3.63) is 70.1 Å². The van der Waals surface area contributed by atoms with Crippen molar-refractivity contribution < 1.29 is 24.0 Å². The summed E-state index contributed by atoms with van der Waals surface area (Å²) in [7, 11) is 2.73. The number of alkyl carbamates (subject to hydrolysis) is 1. The number of aryl methyl sites for hydroxylation is 1. The molecule has 0 bridgehead atoms. The molecule has 2 unspecified atom stereocenters. The van der Waals surface area contributed by atoms with Gasteiger partial charge in [0.05, 0.1) is 18.8 Å². The Morgan fingerprint density at radius 3 is 2.47 bits per heavy atom. The van der Waals surface area contributed by atoms with E-state index in [-0.39, 0.29) is 12.3 Å². The molecule has 0 spiro atoms. The van der Waals surface area contributed by atoms with Crippen LogP contribution in [0.15, 0.2) is 58.3 Å². The lowest BCUT2D eigenvalue weighted by Gasteiger charge is -2.39. The van der Waals surface area contributed by atoms with Crippen LogP contribution in [0.2, 0.25) is 0 Å². The third-order valence-corrected chi connectivity index (χ3v) is 9.30. The Hall–Kier alpha value is -2.42. The maximum atomic E-state index is 14.0. The van der Waals surface area contributed by atoms with E-state index in [4.69, 9.17) is 14.4 Å². The molecule has 8 nitrogen and oxygen atoms in total. The van der Waals surface area contributed by atoms with Crippen LogP contribution in [-0.4, -0.2) is 42.4 Å². The van der Waals surface area contributed by atoms with Crippen LogP contribution >= 0.6 is 21.0 Å². The summed E-state index contributed by atoms with van der Waals surface area (Å²) in [6.07, 6.45) is 5.21. The van der Waals surface area contributed by atoms with Crippen molar-refractivity contribution in [3.8, 4) is 0 Å². The van der Waals surface area contributed by atoms with Gasteiger partial charge in [0.1, 0.15) is 5.60 Å². The molecular weight excluding hydrogens is 581 g/mol. The number of nitrogens with one attached hydrogen (secondary N) is 3. The minimum absolute atomic E-state index is 0.0785. The molecule has 1 saturated heterocycles. The SMILES string of the molecule is CCC/C=C(/Sc1cccc(C)c1C)C1(NC(=O)CC(Cc2ccccc2P)NC(=O)OC(C)(C)C)CCONOCC1. The molecule has 1 heterocycles. The number of benzene rings is 2. The van der Waals surface area contributed by atoms with E-state index in [1.165, 1.54) is 11.1 Å². The summed E-state index contributed by atoms with van der Waals surface area (Å²) in [4.78, 5) is 40.0. The number of amides is 2. The lowest BCUT2D eigenvalue weighted by molar-refractivity contribution is -0.185. The van der Waals surface area contributed by atoms with Gasteiger partial charge in [0.25, 0.3) is 0 Å². The van der Waals surface area contributed by atoms with E-state index in [0.717, 1.165) is 33.5 Å². The van der Waals surface area contributed by atoms with Gasteiger partial charge in [0.2, 0.25) is 5.91 Å². The van der Waals surface area contributed by atoms with Gasteiger partial charge in [-0.3, -0.25) is 14.5 Å². The summed E-state index contributed by atoms with van der Waals surface area (Å²) in [6.45, 7) is 12.5. The van der Waals surface area contributed by atoms with Crippen LogP contribution in [0.3, 0.4) is 0 Å². The molecule has 2 atom stereocenters. The Morgan fingerprint density at radius 2 is 1.81 bits per heavy atom. The highest BCUT2D eigenvalue weighted by Crippen LogP contribution is 2.41. The predicted molar refractivity (Wildman–Crippen MR) is 177 cm³/mol. The van der Waals surface area contributed by atoms with Crippen molar-refractivity contribution in [2.45, 2.75) is 102 Å². The van der Waals surface area contributed by atoms with E-state index < -0.39 is 23.3 Å². The first kappa shape index (κ1) is 35.1. The first-order valence-corrected chi connectivity index (χ1v) is 16.4.